The fraction of sp³-hybridized carbons (Fsp3) is 0.348. The molecular weight excluding hydrogens is 410 g/mol. The molecule has 0 bridgehead atoms. The lowest BCUT2D eigenvalue weighted by atomic mass is 10.0. The largest absolute Gasteiger partial charge is 0.354 e. The van der Waals surface area contributed by atoms with E-state index in [9.17, 15) is 19.2 Å². The van der Waals surface area contributed by atoms with Crippen LogP contribution in [0.4, 0.5) is 0 Å². The summed E-state index contributed by atoms with van der Waals surface area (Å²) in [5, 5.41) is 8.03. The van der Waals surface area contributed by atoms with Crippen LogP contribution in [0.1, 0.15) is 46.8 Å². The zero-order valence-corrected chi connectivity index (χ0v) is 17.5. The smallest absolute Gasteiger partial charge is 0.255 e. The van der Waals surface area contributed by atoms with Crippen molar-refractivity contribution in [2.75, 3.05) is 13.1 Å². The van der Waals surface area contributed by atoms with Crippen LogP contribution in [-0.2, 0) is 20.9 Å². The van der Waals surface area contributed by atoms with Gasteiger partial charge in [-0.1, -0.05) is 18.2 Å². The molecule has 9 heteroatoms. The van der Waals surface area contributed by atoms with Crippen molar-refractivity contribution in [3.05, 3.63) is 65.5 Å². The summed E-state index contributed by atoms with van der Waals surface area (Å²) in [5.74, 6) is -1.09. The molecular formula is C23H25N5O4. The summed E-state index contributed by atoms with van der Waals surface area (Å²) < 4.78 is 0. The number of benzene rings is 1. The molecule has 2 aromatic rings. The maximum absolute atomic E-state index is 12.8. The second-order valence-electron chi connectivity index (χ2n) is 7.88. The molecule has 0 radical (unpaired) electrons. The van der Waals surface area contributed by atoms with Gasteiger partial charge in [-0.3, -0.25) is 24.2 Å². The lowest BCUT2D eigenvalue weighted by molar-refractivity contribution is -0.129. The number of pyridine rings is 1. The molecule has 4 amide bonds. The molecule has 1 unspecified atom stereocenters. The van der Waals surface area contributed by atoms with Crippen molar-refractivity contribution < 1.29 is 19.2 Å². The molecule has 4 rings (SSSR count). The number of fused-ring (bicyclic) bond motifs is 1. The van der Waals surface area contributed by atoms with Crippen molar-refractivity contribution in [2.24, 2.45) is 0 Å². The number of amides is 4. The molecule has 1 aliphatic carbocycles. The van der Waals surface area contributed by atoms with E-state index in [1.165, 1.54) is 0 Å². The average molecular weight is 435 g/mol. The summed E-state index contributed by atoms with van der Waals surface area (Å²) >= 11 is 0. The first kappa shape index (κ1) is 21.5. The first-order chi connectivity index (χ1) is 15.5. The van der Waals surface area contributed by atoms with Crippen molar-refractivity contribution in [1.82, 2.24) is 25.8 Å². The van der Waals surface area contributed by atoms with E-state index in [0.717, 1.165) is 18.4 Å². The average Bonchev–Trinajstić information content (AvgIpc) is 3.60. The normalized spacial score (nSPS) is 16.9. The highest BCUT2D eigenvalue weighted by Crippen LogP contribution is 2.41. The van der Waals surface area contributed by atoms with Gasteiger partial charge in [0.25, 0.3) is 5.91 Å². The van der Waals surface area contributed by atoms with Crippen molar-refractivity contribution in [3.63, 3.8) is 0 Å². The number of aromatic nitrogens is 1. The van der Waals surface area contributed by atoms with Gasteiger partial charge in [0.1, 0.15) is 6.04 Å². The van der Waals surface area contributed by atoms with Gasteiger partial charge in [0.05, 0.1) is 6.54 Å². The van der Waals surface area contributed by atoms with Gasteiger partial charge in [-0.15, -0.1) is 0 Å². The minimum absolute atomic E-state index is 0.0742. The van der Waals surface area contributed by atoms with Crippen LogP contribution in [0.25, 0.3) is 0 Å². The monoisotopic (exact) mass is 435 g/mol. The number of hydrogen-bond acceptors (Lipinski definition) is 5. The summed E-state index contributed by atoms with van der Waals surface area (Å²) in [5.41, 5.74) is 2.15. The lowest BCUT2D eigenvalue weighted by Gasteiger charge is -2.24. The Kier molecular flexibility index (Phi) is 6.44. The molecule has 1 aromatic carbocycles. The minimum Gasteiger partial charge on any atom is -0.354 e. The van der Waals surface area contributed by atoms with E-state index in [4.69, 9.17) is 0 Å². The number of carbonyl (C=O) groups excluding carboxylic acids is 4. The Hall–Kier alpha value is -3.75. The summed E-state index contributed by atoms with van der Waals surface area (Å²) in [4.78, 5) is 55.1. The summed E-state index contributed by atoms with van der Waals surface area (Å²) in [6, 6.07) is 10.1. The van der Waals surface area contributed by atoms with Crippen LogP contribution >= 0.6 is 0 Å². The van der Waals surface area contributed by atoms with Gasteiger partial charge in [0.15, 0.2) is 0 Å². The van der Waals surface area contributed by atoms with Crippen molar-refractivity contribution >= 4 is 23.6 Å². The Labute approximate surface area is 185 Å². The first-order valence-electron chi connectivity index (χ1n) is 10.7. The molecule has 3 N–H and O–H groups in total. The number of carbonyl (C=O) groups is 4. The van der Waals surface area contributed by atoms with Gasteiger partial charge < -0.3 is 20.9 Å². The van der Waals surface area contributed by atoms with E-state index in [2.05, 4.69) is 20.9 Å². The molecule has 1 aromatic heterocycles. The van der Waals surface area contributed by atoms with E-state index >= 15 is 0 Å². The number of hydrogen-bond donors (Lipinski definition) is 3. The van der Waals surface area contributed by atoms with E-state index < -0.39 is 11.9 Å². The first-order valence-corrected chi connectivity index (χ1v) is 10.7. The molecule has 2 aliphatic rings. The highest BCUT2D eigenvalue weighted by Gasteiger charge is 2.47. The third-order valence-electron chi connectivity index (χ3n) is 5.52. The molecule has 1 fully saturated rings. The Morgan fingerprint density at radius 1 is 0.969 bits per heavy atom. The van der Waals surface area contributed by atoms with Gasteiger partial charge >= 0.3 is 0 Å². The van der Waals surface area contributed by atoms with Crippen LogP contribution in [0.3, 0.4) is 0 Å². The summed E-state index contributed by atoms with van der Waals surface area (Å²) in [6.07, 6.45) is 5.20. The van der Waals surface area contributed by atoms with Gasteiger partial charge in [-0.2, -0.15) is 0 Å². The van der Waals surface area contributed by atoms with Gasteiger partial charge in [0, 0.05) is 43.5 Å². The van der Waals surface area contributed by atoms with Crippen molar-refractivity contribution in [2.45, 2.75) is 37.9 Å². The molecule has 1 atom stereocenters. The zero-order valence-electron chi connectivity index (χ0n) is 17.5. The third-order valence-corrected chi connectivity index (χ3v) is 5.52. The maximum Gasteiger partial charge on any atom is 0.255 e. The predicted octanol–water partition coefficient (Wildman–Crippen LogP) is 0.680. The molecule has 9 nitrogen and oxygen atoms in total. The Morgan fingerprint density at radius 3 is 2.47 bits per heavy atom. The molecule has 0 spiro atoms. The highest BCUT2D eigenvalue weighted by atomic mass is 16.2. The quantitative estimate of drug-likeness (QED) is 0.535. The Morgan fingerprint density at radius 2 is 1.72 bits per heavy atom. The molecule has 2 heterocycles. The summed E-state index contributed by atoms with van der Waals surface area (Å²) in [6.45, 7) is 0.336. The topological polar surface area (TPSA) is 120 Å². The van der Waals surface area contributed by atoms with Crippen molar-refractivity contribution in [1.29, 1.82) is 0 Å². The van der Waals surface area contributed by atoms with Gasteiger partial charge in [-0.25, -0.2) is 0 Å². The maximum atomic E-state index is 12.8. The molecule has 1 aliphatic heterocycles. The second kappa shape index (κ2) is 9.59. The second-order valence-corrected chi connectivity index (χ2v) is 7.88. The van der Waals surface area contributed by atoms with Gasteiger partial charge in [0.2, 0.25) is 17.7 Å². The van der Waals surface area contributed by atoms with E-state index in [0.29, 0.717) is 17.7 Å². The fourth-order valence-electron chi connectivity index (χ4n) is 3.76. The van der Waals surface area contributed by atoms with E-state index in [1.807, 2.05) is 12.1 Å². The number of nitrogens with one attached hydrogen (secondary N) is 3. The molecule has 1 saturated carbocycles. The van der Waals surface area contributed by atoms with E-state index in [1.54, 1.807) is 41.6 Å². The molecule has 0 saturated heterocycles. The van der Waals surface area contributed by atoms with E-state index in [-0.39, 0.29) is 43.3 Å². The van der Waals surface area contributed by atoms with Crippen LogP contribution in [0.2, 0.25) is 0 Å². The molecule has 166 valence electrons. The molecule has 32 heavy (non-hydrogen) atoms. The number of nitrogens with zero attached hydrogens (tertiary/aromatic N) is 2. The number of rotatable bonds is 9. The van der Waals surface area contributed by atoms with Gasteiger partial charge in [-0.05, 0) is 42.2 Å². The summed E-state index contributed by atoms with van der Waals surface area (Å²) in [7, 11) is 0. The van der Waals surface area contributed by atoms with Crippen LogP contribution in [0.5, 0.6) is 0 Å². The van der Waals surface area contributed by atoms with Crippen LogP contribution in [0.15, 0.2) is 48.8 Å². The van der Waals surface area contributed by atoms with Crippen LogP contribution < -0.4 is 16.0 Å². The zero-order chi connectivity index (χ0) is 22.5. The highest BCUT2D eigenvalue weighted by molar-refractivity contribution is 6.05. The Bertz CT molecular complexity index is 1020. The SMILES string of the molecule is O=C(CCNC(=O)CNC(=O)C1c2ccccc2C(=O)N1C1CC1)NCc1ccncc1. The van der Waals surface area contributed by atoms with Crippen LogP contribution in [0, 0.1) is 0 Å². The standard InChI is InChI=1S/C23H25N5O4/c29-19(26-13-15-7-10-24-11-8-15)9-12-25-20(30)14-27-22(31)21-17-3-1-2-4-18(17)23(32)28(21)16-5-6-16/h1-4,7-8,10-11,16,21H,5-6,9,12-14H2,(H,25,30)(H,26,29)(H,27,31). The lowest BCUT2D eigenvalue weighted by Crippen LogP contribution is -2.44. The minimum atomic E-state index is -0.710. The predicted molar refractivity (Wildman–Crippen MR) is 115 cm³/mol. The fourth-order valence-corrected chi connectivity index (χ4v) is 3.76. The van der Waals surface area contributed by atoms with Crippen molar-refractivity contribution in [3.8, 4) is 0 Å². The Balaban J connectivity index is 1.21. The van der Waals surface area contributed by atoms with Crippen LogP contribution in [-0.4, -0.2) is 52.6 Å². The third kappa shape index (κ3) is 4.93.